The predicted octanol–water partition coefficient (Wildman–Crippen LogP) is 3.43. The topological polar surface area (TPSA) is 47.1 Å². The van der Waals surface area contributed by atoms with Gasteiger partial charge >= 0.3 is 0 Å². The summed E-state index contributed by atoms with van der Waals surface area (Å²) in [6.45, 7) is 1.97. The Hall–Kier alpha value is -1.57. The Balaban J connectivity index is 1.52. The van der Waals surface area contributed by atoms with E-state index >= 15 is 0 Å². The van der Waals surface area contributed by atoms with Crippen LogP contribution in [0.5, 0.6) is 0 Å². The number of rotatable bonds is 4. The van der Waals surface area contributed by atoms with E-state index in [4.69, 9.17) is 9.40 Å². The minimum Gasteiger partial charge on any atom is -0.472 e. The zero-order valence-electron chi connectivity index (χ0n) is 12.9. The van der Waals surface area contributed by atoms with Crippen LogP contribution in [0.3, 0.4) is 0 Å². The molecule has 4 heterocycles. The standard InChI is InChI=1S/C16H18N4OS2/c1-19-7-13(6-17-19)15-11-22-5-3-20(15)8-14-10-23-16(18-14)12-2-4-21-9-12/h2,4,6-7,9-10,15H,3,5,8,11H2,1H3/t15-/m1/s1. The summed E-state index contributed by atoms with van der Waals surface area (Å²) in [4.78, 5) is 7.28. The number of hydrogen-bond acceptors (Lipinski definition) is 6. The number of thioether (sulfide) groups is 1. The summed E-state index contributed by atoms with van der Waals surface area (Å²) in [5, 5.41) is 7.51. The van der Waals surface area contributed by atoms with Crippen LogP contribution in [0.4, 0.5) is 0 Å². The highest BCUT2D eigenvalue weighted by molar-refractivity contribution is 7.99. The molecular weight excluding hydrogens is 328 g/mol. The van der Waals surface area contributed by atoms with E-state index in [1.807, 2.05) is 35.8 Å². The van der Waals surface area contributed by atoms with E-state index in [2.05, 4.69) is 21.6 Å². The van der Waals surface area contributed by atoms with Gasteiger partial charge in [0, 0.05) is 60.4 Å². The van der Waals surface area contributed by atoms with Gasteiger partial charge in [-0.25, -0.2) is 4.98 Å². The summed E-state index contributed by atoms with van der Waals surface area (Å²) in [6.07, 6.45) is 7.55. The fourth-order valence-electron chi connectivity index (χ4n) is 2.85. The van der Waals surface area contributed by atoms with Crippen LogP contribution in [0.2, 0.25) is 0 Å². The molecule has 5 nitrogen and oxygen atoms in total. The van der Waals surface area contributed by atoms with E-state index in [1.165, 1.54) is 11.3 Å². The number of aryl methyl sites for hydroxylation is 1. The maximum Gasteiger partial charge on any atom is 0.126 e. The second-order valence-electron chi connectivity index (χ2n) is 5.66. The molecule has 4 rings (SSSR count). The van der Waals surface area contributed by atoms with Gasteiger partial charge in [0.25, 0.3) is 0 Å². The average molecular weight is 346 g/mol. The predicted molar refractivity (Wildman–Crippen MR) is 93.5 cm³/mol. The van der Waals surface area contributed by atoms with E-state index in [9.17, 15) is 0 Å². The van der Waals surface area contributed by atoms with Crippen LogP contribution in [0, 0.1) is 0 Å². The van der Waals surface area contributed by atoms with Gasteiger partial charge in [-0.15, -0.1) is 11.3 Å². The first-order chi connectivity index (χ1) is 11.3. The van der Waals surface area contributed by atoms with Crippen LogP contribution >= 0.6 is 23.1 Å². The lowest BCUT2D eigenvalue weighted by atomic mass is 10.1. The molecule has 3 aromatic rings. The Morgan fingerprint density at radius 1 is 1.43 bits per heavy atom. The van der Waals surface area contributed by atoms with Crippen molar-refractivity contribution in [2.24, 2.45) is 7.05 Å². The van der Waals surface area contributed by atoms with Crippen molar-refractivity contribution in [2.45, 2.75) is 12.6 Å². The largest absolute Gasteiger partial charge is 0.472 e. The van der Waals surface area contributed by atoms with Crippen molar-refractivity contribution in [3.8, 4) is 10.6 Å². The molecule has 120 valence electrons. The lowest BCUT2D eigenvalue weighted by molar-refractivity contribution is 0.210. The summed E-state index contributed by atoms with van der Waals surface area (Å²) in [5.41, 5.74) is 3.48. The van der Waals surface area contributed by atoms with Crippen LogP contribution in [0.25, 0.3) is 10.6 Å². The maximum absolute atomic E-state index is 5.15. The van der Waals surface area contributed by atoms with Gasteiger partial charge in [-0.3, -0.25) is 9.58 Å². The monoisotopic (exact) mass is 346 g/mol. The zero-order chi connectivity index (χ0) is 15.6. The van der Waals surface area contributed by atoms with Crippen LogP contribution in [-0.4, -0.2) is 37.7 Å². The van der Waals surface area contributed by atoms with Crippen molar-refractivity contribution in [3.05, 3.63) is 47.6 Å². The van der Waals surface area contributed by atoms with Gasteiger partial charge in [0.1, 0.15) is 11.3 Å². The highest BCUT2D eigenvalue weighted by atomic mass is 32.2. The molecule has 0 amide bonds. The molecule has 0 N–H and O–H groups in total. The Morgan fingerprint density at radius 2 is 2.39 bits per heavy atom. The lowest BCUT2D eigenvalue weighted by Crippen LogP contribution is -2.35. The normalized spacial score (nSPS) is 19.3. The van der Waals surface area contributed by atoms with Crippen LogP contribution in [0.15, 0.2) is 40.8 Å². The number of thiazole rings is 1. The molecule has 0 aliphatic carbocycles. The first-order valence-electron chi connectivity index (χ1n) is 7.57. The molecular formula is C16H18N4OS2. The first-order valence-corrected chi connectivity index (χ1v) is 9.60. The van der Waals surface area contributed by atoms with Gasteiger partial charge in [0.2, 0.25) is 0 Å². The SMILES string of the molecule is Cn1cc([C@H]2CSCCN2Cc2csc(-c3ccoc3)n2)cn1. The van der Waals surface area contributed by atoms with Crippen molar-refractivity contribution < 1.29 is 4.42 Å². The van der Waals surface area contributed by atoms with E-state index < -0.39 is 0 Å². The summed E-state index contributed by atoms with van der Waals surface area (Å²) in [7, 11) is 1.97. The summed E-state index contributed by atoms with van der Waals surface area (Å²) >= 11 is 3.69. The molecule has 0 radical (unpaired) electrons. The molecule has 0 spiro atoms. The molecule has 1 saturated heterocycles. The molecule has 1 aliphatic rings. The van der Waals surface area contributed by atoms with E-state index in [1.54, 1.807) is 23.9 Å². The number of nitrogens with zero attached hydrogens (tertiary/aromatic N) is 4. The Bertz CT molecular complexity index is 765. The van der Waals surface area contributed by atoms with Gasteiger partial charge in [0.05, 0.1) is 18.2 Å². The lowest BCUT2D eigenvalue weighted by Gasteiger charge is -2.34. The fraction of sp³-hybridized carbons (Fsp3) is 0.375. The molecule has 1 fully saturated rings. The van der Waals surface area contributed by atoms with Crippen molar-refractivity contribution >= 4 is 23.1 Å². The molecule has 1 aliphatic heterocycles. The summed E-state index contributed by atoms with van der Waals surface area (Å²) in [6, 6.07) is 2.38. The average Bonchev–Trinajstić information content (AvgIpc) is 3.28. The minimum absolute atomic E-state index is 0.418. The van der Waals surface area contributed by atoms with Crippen molar-refractivity contribution in [1.29, 1.82) is 0 Å². The van der Waals surface area contributed by atoms with Crippen molar-refractivity contribution in [3.63, 3.8) is 0 Å². The quantitative estimate of drug-likeness (QED) is 0.724. The minimum atomic E-state index is 0.418. The molecule has 0 bridgehead atoms. The summed E-state index contributed by atoms with van der Waals surface area (Å²) in [5.74, 6) is 2.29. The van der Waals surface area contributed by atoms with Gasteiger partial charge < -0.3 is 4.42 Å². The van der Waals surface area contributed by atoms with Gasteiger partial charge in [-0.2, -0.15) is 16.9 Å². The number of furan rings is 1. The second kappa shape index (κ2) is 6.51. The fourth-order valence-corrected chi connectivity index (χ4v) is 4.81. The van der Waals surface area contributed by atoms with Crippen LogP contribution in [-0.2, 0) is 13.6 Å². The Kier molecular flexibility index (Phi) is 4.24. The second-order valence-corrected chi connectivity index (χ2v) is 7.67. The van der Waals surface area contributed by atoms with Crippen molar-refractivity contribution in [2.75, 3.05) is 18.1 Å². The van der Waals surface area contributed by atoms with Crippen LogP contribution in [0.1, 0.15) is 17.3 Å². The van der Waals surface area contributed by atoms with Gasteiger partial charge in [-0.05, 0) is 6.07 Å². The summed E-state index contributed by atoms with van der Waals surface area (Å²) < 4.78 is 7.03. The molecule has 0 aromatic carbocycles. The smallest absolute Gasteiger partial charge is 0.126 e. The first kappa shape index (κ1) is 15.0. The Morgan fingerprint density at radius 3 is 3.17 bits per heavy atom. The molecule has 23 heavy (non-hydrogen) atoms. The molecule has 7 heteroatoms. The maximum atomic E-state index is 5.15. The van der Waals surface area contributed by atoms with E-state index in [0.29, 0.717) is 6.04 Å². The van der Waals surface area contributed by atoms with Crippen molar-refractivity contribution in [1.82, 2.24) is 19.7 Å². The van der Waals surface area contributed by atoms with Gasteiger partial charge in [0.15, 0.2) is 0 Å². The number of aromatic nitrogens is 3. The van der Waals surface area contributed by atoms with Gasteiger partial charge in [-0.1, -0.05) is 0 Å². The zero-order valence-corrected chi connectivity index (χ0v) is 14.5. The highest BCUT2D eigenvalue weighted by Gasteiger charge is 2.26. The molecule has 0 unspecified atom stereocenters. The molecule has 0 saturated carbocycles. The van der Waals surface area contributed by atoms with Crippen LogP contribution < -0.4 is 0 Å². The third-order valence-electron chi connectivity index (χ3n) is 4.03. The number of hydrogen-bond donors (Lipinski definition) is 0. The third-order valence-corrected chi connectivity index (χ3v) is 6.00. The van der Waals surface area contributed by atoms with E-state index in [-0.39, 0.29) is 0 Å². The molecule has 1 atom stereocenters. The van der Waals surface area contributed by atoms with E-state index in [0.717, 1.165) is 35.1 Å². The molecule has 3 aromatic heterocycles. The highest BCUT2D eigenvalue weighted by Crippen LogP contribution is 2.31. The Labute approximate surface area is 143 Å². The third kappa shape index (κ3) is 3.22.